The van der Waals surface area contributed by atoms with Gasteiger partial charge >= 0.3 is 0 Å². The van der Waals surface area contributed by atoms with Gasteiger partial charge in [-0.05, 0) is 43.2 Å². The number of nitro benzene ring substituents is 1. The third-order valence-corrected chi connectivity index (χ3v) is 3.19. The molecule has 1 N–H and O–H groups in total. The van der Waals surface area contributed by atoms with Crippen LogP contribution in [0.1, 0.15) is 25.8 Å². The van der Waals surface area contributed by atoms with Crippen molar-refractivity contribution in [3.05, 3.63) is 58.1 Å². The Morgan fingerprint density at radius 3 is 2.72 bits per heavy atom. The second-order valence-electron chi connectivity index (χ2n) is 5.17. The van der Waals surface area contributed by atoms with Crippen molar-refractivity contribution in [3.63, 3.8) is 0 Å². The minimum atomic E-state index is -0.446. The van der Waals surface area contributed by atoms with Crippen LogP contribution in [-0.2, 0) is 0 Å². The number of hydrazone groups is 1. The quantitative estimate of drug-likeness (QED) is 0.418. The summed E-state index contributed by atoms with van der Waals surface area (Å²) in [5, 5.41) is 14.9. The van der Waals surface area contributed by atoms with Crippen LogP contribution in [0.3, 0.4) is 0 Å². The van der Waals surface area contributed by atoms with Gasteiger partial charge < -0.3 is 9.47 Å². The average molecular weight is 343 g/mol. The van der Waals surface area contributed by atoms with Crippen molar-refractivity contribution in [1.29, 1.82) is 0 Å². The monoisotopic (exact) mass is 343 g/mol. The van der Waals surface area contributed by atoms with E-state index in [-0.39, 0.29) is 5.69 Å². The second-order valence-corrected chi connectivity index (χ2v) is 5.17. The van der Waals surface area contributed by atoms with Gasteiger partial charge in [0.15, 0.2) is 11.5 Å². The minimum Gasteiger partial charge on any atom is -0.490 e. The summed E-state index contributed by atoms with van der Waals surface area (Å²) in [6.45, 7) is 5.12. The van der Waals surface area contributed by atoms with E-state index in [0.29, 0.717) is 30.4 Å². The molecule has 7 nitrogen and oxygen atoms in total. The third-order valence-electron chi connectivity index (χ3n) is 3.19. The predicted molar refractivity (Wildman–Crippen MR) is 97.7 cm³/mol. The molecule has 0 bridgehead atoms. The lowest BCUT2D eigenvalue weighted by molar-refractivity contribution is -0.384. The molecule has 0 aromatic heterocycles. The summed E-state index contributed by atoms with van der Waals surface area (Å²) >= 11 is 0. The molecule has 0 atom stereocenters. The zero-order valence-electron chi connectivity index (χ0n) is 14.3. The molecule has 0 aliphatic carbocycles. The lowest BCUT2D eigenvalue weighted by Crippen LogP contribution is -2.01. The highest BCUT2D eigenvalue weighted by Crippen LogP contribution is 2.28. The first-order valence-corrected chi connectivity index (χ1v) is 8.07. The number of hydrogen-bond donors (Lipinski definition) is 1. The largest absolute Gasteiger partial charge is 0.490 e. The molecule has 0 amide bonds. The number of nitrogens with zero attached hydrogens (tertiary/aromatic N) is 2. The lowest BCUT2D eigenvalue weighted by atomic mass is 10.2. The van der Waals surface area contributed by atoms with E-state index in [1.54, 1.807) is 18.3 Å². The van der Waals surface area contributed by atoms with Crippen molar-refractivity contribution in [2.75, 3.05) is 18.6 Å². The number of nitrogens with one attached hydrogen (secondary N) is 1. The van der Waals surface area contributed by atoms with Crippen LogP contribution in [0.5, 0.6) is 11.5 Å². The Morgan fingerprint density at radius 2 is 2.00 bits per heavy atom. The van der Waals surface area contributed by atoms with Crippen LogP contribution in [0.15, 0.2) is 47.6 Å². The van der Waals surface area contributed by atoms with Crippen LogP contribution in [0.2, 0.25) is 0 Å². The van der Waals surface area contributed by atoms with Crippen LogP contribution in [-0.4, -0.2) is 24.4 Å². The van der Waals surface area contributed by atoms with Gasteiger partial charge in [0.25, 0.3) is 5.69 Å². The fraction of sp³-hybridized carbons (Fsp3) is 0.278. The maximum Gasteiger partial charge on any atom is 0.271 e. The number of nitro groups is 1. The number of non-ortho nitro benzene ring substituents is 1. The summed E-state index contributed by atoms with van der Waals surface area (Å²) < 4.78 is 11.3. The van der Waals surface area contributed by atoms with Gasteiger partial charge in [0.1, 0.15) is 0 Å². The van der Waals surface area contributed by atoms with Crippen molar-refractivity contribution in [1.82, 2.24) is 0 Å². The summed E-state index contributed by atoms with van der Waals surface area (Å²) in [7, 11) is 0. The van der Waals surface area contributed by atoms with Gasteiger partial charge in [-0.1, -0.05) is 13.0 Å². The van der Waals surface area contributed by atoms with Gasteiger partial charge in [0.2, 0.25) is 0 Å². The van der Waals surface area contributed by atoms with E-state index in [4.69, 9.17) is 9.47 Å². The van der Waals surface area contributed by atoms with E-state index in [2.05, 4.69) is 10.5 Å². The van der Waals surface area contributed by atoms with Crippen LogP contribution < -0.4 is 14.9 Å². The van der Waals surface area contributed by atoms with E-state index in [1.807, 2.05) is 32.0 Å². The second kappa shape index (κ2) is 9.27. The molecule has 0 radical (unpaired) electrons. The minimum absolute atomic E-state index is 0.0104. The summed E-state index contributed by atoms with van der Waals surface area (Å²) in [6.07, 6.45) is 2.53. The van der Waals surface area contributed by atoms with Gasteiger partial charge in [0, 0.05) is 12.1 Å². The number of rotatable bonds is 9. The molecule has 0 fully saturated rings. The highest BCUT2D eigenvalue weighted by molar-refractivity contribution is 5.81. The predicted octanol–water partition coefficient (Wildman–Crippen LogP) is 4.23. The molecule has 25 heavy (non-hydrogen) atoms. The summed E-state index contributed by atoms with van der Waals surface area (Å²) in [5.41, 5.74) is 4.16. The molecule has 0 spiro atoms. The maximum atomic E-state index is 10.8. The van der Waals surface area contributed by atoms with Crippen LogP contribution in [0.25, 0.3) is 0 Å². The molecular weight excluding hydrogens is 322 g/mol. The number of ether oxygens (including phenoxy) is 2. The average Bonchev–Trinajstić information content (AvgIpc) is 2.61. The fourth-order valence-electron chi connectivity index (χ4n) is 2.07. The van der Waals surface area contributed by atoms with Crippen molar-refractivity contribution < 1.29 is 14.4 Å². The standard InChI is InChI=1S/C18H21N3O4/c1-3-10-25-17-9-8-14(11-18(17)24-4-2)13-19-20-15-6-5-7-16(12-15)21(22)23/h5-9,11-13,20H,3-4,10H2,1-2H3. The molecule has 2 aromatic rings. The first-order valence-electron chi connectivity index (χ1n) is 8.07. The summed E-state index contributed by atoms with van der Waals surface area (Å²) in [5.74, 6) is 1.36. The van der Waals surface area contributed by atoms with Gasteiger partial charge in [-0.25, -0.2) is 0 Å². The van der Waals surface area contributed by atoms with E-state index < -0.39 is 4.92 Å². The van der Waals surface area contributed by atoms with Gasteiger partial charge in [-0.3, -0.25) is 15.5 Å². The number of hydrogen-bond acceptors (Lipinski definition) is 6. The van der Waals surface area contributed by atoms with Crippen molar-refractivity contribution >= 4 is 17.6 Å². The molecule has 132 valence electrons. The zero-order valence-corrected chi connectivity index (χ0v) is 14.3. The zero-order chi connectivity index (χ0) is 18.1. The normalized spacial score (nSPS) is 10.6. The molecule has 2 rings (SSSR count). The first kappa shape index (κ1) is 18.3. The number of anilines is 1. The van der Waals surface area contributed by atoms with E-state index in [1.165, 1.54) is 12.1 Å². The van der Waals surface area contributed by atoms with Gasteiger partial charge in [0.05, 0.1) is 30.0 Å². The highest BCUT2D eigenvalue weighted by atomic mass is 16.6. The topological polar surface area (TPSA) is 86.0 Å². The van der Waals surface area contributed by atoms with E-state index in [9.17, 15) is 10.1 Å². The molecule has 0 aliphatic rings. The fourth-order valence-corrected chi connectivity index (χ4v) is 2.07. The Hall–Kier alpha value is -3.09. The molecular formula is C18H21N3O4. The molecule has 0 saturated heterocycles. The Balaban J connectivity index is 2.08. The van der Waals surface area contributed by atoms with E-state index in [0.717, 1.165) is 12.0 Å². The SMILES string of the molecule is CCCOc1ccc(C=NNc2cccc([N+](=O)[O-])c2)cc1OCC. The highest BCUT2D eigenvalue weighted by Gasteiger charge is 2.06. The maximum absolute atomic E-state index is 10.8. The Labute approximate surface area is 146 Å². The Bertz CT molecular complexity index is 747. The Kier molecular flexibility index (Phi) is 6.76. The van der Waals surface area contributed by atoms with Gasteiger partial charge in [-0.15, -0.1) is 0 Å². The first-order chi connectivity index (χ1) is 12.1. The van der Waals surface area contributed by atoms with Crippen LogP contribution in [0.4, 0.5) is 11.4 Å². The smallest absolute Gasteiger partial charge is 0.271 e. The van der Waals surface area contributed by atoms with Crippen molar-refractivity contribution in [2.24, 2.45) is 5.10 Å². The van der Waals surface area contributed by atoms with Gasteiger partial charge in [-0.2, -0.15) is 5.10 Å². The van der Waals surface area contributed by atoms with Crippen molar-refractivity contribution in [3.8, 4) is 11.5 Å². The molecule has 2 aromatic carbocycles. The molecule has 0 heterocycles. The van der Waals surface area contributed by atoms with E-state index >= 15 is 0 Å². The molecule has 0 saturated carbocycles. The Morgan fingerprint density at radius 1 is 1.16 bits per heavy atom. The number of benzene rings is 2. The molecule has 7 heteroatoms. The van der Waals surface area contributed by atoms with Crippen LogP contribution in [0, 0.1) is 10.1 Å². The van der Waals surface area contributed by atoms with Crippen molar-refractivity contribution in [2.45, 2.75) is 20.3 Å². The molecule has 0 unspecified atom stereocenters. The summed E-state index contributed by atoms with van der Waals surface area (Å²) in [4.78, 5) is 10.3. The van der Waals surface area contributed by atoms with Crippen LogP contribution >= 0.6 is 0 Å². The molecule has 0 aliphatic heterocycles. The third kappa shape index (κ3) is 5.49. The lowest BCUT2D eigenvalue weighted by Gasteiger charge is -2.11. The summed E-state index contributed by atoms with van der Waals surface area (Å²) in [6, 6.07) is 11.7.